The third kappa shape index (κ3) is 4.05. The van der Waals surface area contributed by atoms with E-state index in [2.05, 4.69) is 68.2 Å². The summed E-state index contributed by atoms with van der Waals surface area (Å²) in [5, 5.41) is 12.8. The highest BCUT2D eigenvalue weighted by Gasteiger charge is 2.15. The number of rotatable bonds is 7. The molecule has 0 aliphatic rings. The van der Waals surface area contributed by atoms with E-state index in [4.69, 9.17) is 0 Å². The number of nitrogens with zero attached hydrogens (tertiary/aromatic N) is 3. The fraction of sp³-hybridized carbons (Fsp3) is 0.107. The van der Waals surface area contributed by atoms with Crippen molar-refractivity contribution in [3.8, 4) is 33.0 Å². The molecule has 1 aromatic carbocycles. The minimum absolute atomic E-state index is 0.216. The largest absolute Gasteiger partial charge is 0.358 e. The number of benzene rings is 1. The molecule has 0 bridgehead atoms. The van der Waals surface area contributed by atoms with Crippen molar-refractivity contribution in [2.24, 2.45) is 0 Å². The maximum Gasteiger partial charge on any atom is 0.176 e. The molecule has 0 atom stereocenters. The molecule has 0 radical (unpaired) electrons. The van der Waals surface area contributed by atoms with Crippen LogP contribution in [0.4, 0.5) is 10.1 Å². The molecule has 0 amide bonds. The summed E-state index contributed by atoms with van der Waals surface area (Å²) in [6.45, 7) is 6.22. The molecule has 6 nitrogen and oxygen atoms in total. The van der Waals surface area contributed by atoms with E-state index in [1.54, 1.807) is 18.5 Å². The zero-order chi connectivity index (χ0) is 24.6. The van der Waals surface area contributed by atoms with Gasteiger partial charge in [-0.05, 0) is 48.4 Å². The predicted molar refractivity (Wildman–Crippen MR) is 145 cm³/mol. The molecule has 0 unspecified atom stereocenters. The van der Waals surface area contributed by atoms with E-state index < -0.39 is 0 Å². The summed E-state index contributed by atoms with van der Waals surface area (Å²) in [5.41, 5.74) is 8.30. The summed E-state index contributed by atoms with van der Waals surface area (Å²) < 4.78 is 13.7. The van der Waals surface area contributed by atoms with Gasteiger partial charge >= 0.3 is 0 Å². The van der Waals surface area contributed by atoms with Crippen LogP contribution in [0.5, 0.6) is 0 Å². The van der Waals surface area contributed by atoms with E-state index in [1.807, 2.05) is 18.5 Å². The van der Waals surface area contributed by atoms with Gasteiger partial charge < -0.3 is 10.3 Å². The SMILES string of the molecule is C=C(CCC)Nc1cncc(-c2ccc3[nH]nc(-c4cc5c(-c6ccc(F)s6)cncc5[nH]4)c3c2)c1. The fourth-order valence-electron chi connectivity index (χ4n) is 4.47. The molecule has 0 fully saturated rings. The first kappa shape index (κ1) is 22.2. The molecule has 0 aliphatic carbocycles. The van der Waals surface area contributed by atoms with Crippen LogP contribution < -0.4 is 5.32 Å². The zero-order valence-corrected chi connectivity index (χ0v) is 20.4. The molecule has 0 saturated heterocycles. The molecule has 3 N–H and O–H groups in total. The van der Waals surface area contributed by atoms with Crippen LogP contribution in [0.15, 0.2) is 79.5 Å². The Morgan fingerprint density at radius 1 is 0.972 bits per heavy atom. The van der Waals surface area contributed by atoms with Gasteiger partial charge in [0.2, 0.25) is 0 Å². The lowest BCUT2D eigenvalue weighted by Crippen LogP contribution is -1.98. The van der Waals surface area contributed by atoms with Gasteiger partial charge in [-0.3, -0.25) is 15.1 Å². The molecule has 36 heavy (non-hydrogen) atoms. The van der Waals surface area contributed by atoms with Crippen molar-refractivity contribution in [2.45, 2.75) is 19.8 Å². The number of fused-ring (bicyclic) bond motifs is 2. The summed E-state index contributed by atoms with van der Waals surface area (Å²) in [5.74, 6) is 0. The molecule has 5 heterocycles. The Kier molecular flexibility index (Phi) is 5.58. The van der Waals surface area contributed by atoms with Gasteiger partial charge in [0.25, 0.3) is 0 Å². The minimum atomic E-state index is -0.216. The van der Waals surface area contributed by atoms with E-state index in [9.17, 15) is 4.39 Å². The first-order chi connectivity index (χ1) is 17.6. The second-order valence-electron chi connectivity index (χ2n) is 8.71. The van der Waals surface area contributed by atoms with Crippen molar-refractivity contribution in [1.82, 2.24) is 25.1 Å². The van der Waals surface area contributed by atoms with Crippen molar-refractivity contribution in [2.75, 3.05) is 5.32 Å². The Balaban J connectivity index is 1.40. The lowest BCUT2D eigenvalue weighted by Gasteiger charge is -2.10. The van der Waals surface area contributed by atoms with Gasteiger partial charge in [-0.2, -0.15) is 9.49 Å². The third-order valence-electron chi connectivity index (χ3n) is 6.15. The zero-order valence-electron chi connectivity index (χ0n) is 19.6. The van der Waals surface area contributed by atoms with Crippen LogP contribution in [0, 0.1) is 5.13 Å². The summed E-state index contributed by atoms with van der Waals surface area (Å²) in [6, 6.07) is 13.6. The summed E-state index contributed by atoms with van der Waals surface area (Å²) >= 11 is 1.11. The molecular weight excluding hydrogens is 471 g/mol. The Labute approximate surface area is 211 Å². The topological polar surface area (TPSA) is 82.3 Å². The molecule has 0 spiro atoms. The number of allylic oxidation sites excluding steroid dienone is 1. The van der Waals surface area contributed by atoms with E-state index in [-0.39, 0.29) is 5.13 Å². The van der Waals surface area contributed by atoms with Crippen molar-refractivity contribution >= 4 is 38.8 Å². The van der Waals surface area contributed by atoms with Crippen molar-refractivity contribution in [1.29, 1.82) is 0 Å². The van der Waals surface area contributed by atoms with Crippen LogP contribution in [0.1, 0.15) is 19.8 Å². The van der Waals surface area contributed by atoms with Gasteiger partial charge in [-0.25, -0.2) is 0 Å². The van der Waals surface area contributed by atoms with Crippen LogP contribution >= 0.6 is 11.3 Å². The first-order valence-electron chi connectivity index (χ1n) is 11.7. The maximum absolute atomic E-state index is 13.7. The summed E-state index contributed by atoms with van der Waals surface area (Å²) in [7, 11) is 0. The monoisotopic (exact) mass is 494 g/mol. The van der Waals surface area contributed by atoms with Gasteiger partial charge in [-0.15, -0.1) is 11.3 Å². The highest BCUT2D eigenvalue weighted by Crippen LogP contribution is 2.36. The van der Waals surface area contributed by atoms with Crippen LogP contribution in [0.3, 0.4) is 0 Å². The quantitative estimate of drug-likeness (QED) is 0.212. The second kappa shape index (κ2) is 9.05. The average molecular weight is 495 g/mol. The van der Waals surface area contributed by atoms with Crippen LogP contribution in [0.25, 0.3) is 54.8 Å². The number of anilines is 1. The fourth-order valence-corrected chi connectivity index (χ4v) is 5.22. The van der Waals surface area contributed by atoms with Gasteiger partial charge in [0.15, 0.2) is 5.13 Å². The standard InChI is InChI=1S/C28H23FN6S/c1-3-4-16(2)32-19-9-18(12-30-13-19)17-5-6-23-21(10-17)28(35-34-23)24-11-20-22(14-31-15-25(20)33-24)26-7-8-27(29)36-26/h5-15,32-33H,2-4H2,1H3,(H,34,35). The number of thiophene rings is 1. The van der Waals surface area contributed by atoms with Crippen LogP contribution in [-0.2, 0) is 0 Å². The van der Waals surface area contributed by atoms with E-state index in [0.29, 0.717) is 0 Å². The Morgan fingerprint density at radius 2 is 1.86 bits per heavy atom. The number of hydrogen-bond donors (Lipinski definition) is 3. The Bertz CT molecular complexity index is 1730. The number of H-pyrrole nitrogens is 2. The first-order valence-corrected chi connectivity index (χ1v) is 12.5. The van der Waals surface area contributed by atoms with Crippen molar-refractivity contribution in [3.63, 3.8) is 0 Å². The van der Waals surface area contributed by atoms with E-state index >= 15 is 0 Å². The summed E-state index contributed by atoms with van der Waals surface area (Å²) in [6.07, 6.45) is 9.17. The van der Waals surface area contributed by atoms with Crippen LogP contribution in [-0.4, -0.2) is 25.1 Å². The molecule has 6 aromatic rings. The van der Waals surface area contributed by atoms with Crippen LogP contribution in [0.2, 0.25) is 0 Å². The number of nitrogens with one attached hydrogen (secondary N) is 3. The minimum Gasteiger partial charge on any atom is -0.358 e. The molecular formula is C28H23FN6S. The number of pyridine rings is 2. The van der Waals surface area contributed by atoms with Gasteiger partial charge in [0, 0.05) is 44.9 Å². The molecule has 0 aliphatic heterocycles. The predicted octanol–water partition coefficient (Wildman–Crippen LogP) is 7.76. The number of hydrogen-bond acceptors (Lipinski definition) is 5. The lowest BCUT2D eigenvalue weighted by atomic mass is 10.0. The Hall–Kier alpha value is -4.30. The third-order valence-corrected chi connectivity index (χ3v) is 7.05. The second-order valence-corrected chi connectivity index (χ2v) is 9.74. The number of halogens is 1. The molecule has 6 rings (SSSR count). The van der Waals surface area contributed by atoms with Crippen molar-refractivity contribution < 1.29 is 4.39 Å². The molecule has 5 aromatic heterocycles. The summed E-state index contributed by atoms with van der Waals surface area (Å²) in [4.78, 5) is 13.1. The van der Waals surface area contributed by atoms with Gasteiger partial charge in [0.05, 0.1) is 34.8 Å². The molecule has 0 saturated carbocycles. The highest BCUT2D eigenvalue weighted by atomic mass is 32.1. The number of aromatic amines is 2. The number of aromatic nitrogens is 5. The lowest BCUT2D eigenvalue weighted by molar-refractivity contribution is 0.657. The van der Waals surface area contributed by atoms with Gasteiger partial charge in [-0.1, -0.05) is 26.0 Å². The average Bonchev–Trinajstić information content (AvgIpc) is 3.61. The maximum atomic E-state index is 13.7. The normalized spacial score (nSPS) is 11.4. The van der Waals surface area contributed by atoms with E-state index in [0.717, 1.165) is 90.3 Å². The highest BCUT2D eigenvalue weighted by molar-refractivity contribution is 7.14. The molecule has 8 heteroatoms. The molecule has 178 valence electrons. The van der Waals surface area contributed by atoms with Gasteiger partial charge in [0.1, 0.15) is 5.69 Å². The van der Waals surface area contributed by atoms with Crippen molar-refractivity contribution in [3.05, 3.63) is 84.7 Å². The Morgan fingerprint density at radius 3 is 2.69 bits per heavy atom. The smallest absolute Gasteiger partial charge is 0.176 e. The van der Waals surface area contributed by atoms with E-state index in [1.165, 1.54) is 6.07 Å².